The summed E-state index contributed by atoms with van der Waals surface area (Å²) in [5.74, 6) is 6.83. The molecule has 48 heteroatoms. The number of aryl methyl sites for hydroxylation is 11. The number of hydrogen-bond donors (Lipinski definition) is 0. The van der Waals surface area contributed by atoms with E-state index in [0.717, 1.165) is 97.0 Å². The van der Waals surface area contributed by atoms with Gasteiger partial charge < -0.3 is 18.3 Å². The highest BCUT2D eigenvalue weighted by molar-refractivity contribution is 6.33. The minimum Gasteiger partial charge on any atom is -0.313 e. The van der Waals surface area contributed by atoms with Gasteiger partial charge >= 0.3 is 11.8 Å². The van der Waals surface area contributed by atoms with Crippen molar-refractivity contribution in [2.45, 2.75) is 323 Å². The first-order valence-corrected chi connectivity index (χ1v) is 49.9. The van der Waals surface area contributed by atoms with Crippen molar-refractivity contribution in [3.8, 4) is 23.5 Å². The number of aromatic nitrogens is 31. The Bertz CT molecular complexity index is 8270. The average Bonchev–Trinajstić information content (AvgIpc) is 1.56. The number of benzene rings is 1. The van der Waals surface area contributed by atoms with Gasteiger partial charge in [-0.05, 0) is 67.3 Å². The number of nitriles is 2. The molecule has 0 aliphatic carbocycles. The van der Waals surface area contributed by atoms with E-state index >= 15 is 0 Å². The van der Waals surface area contributed by atoms with Crippen molar-refractivity contribution in [3.05, 3.63) is 155 Å². The molecule has 0 aliphatic heterocycles. The van der Waals surface area contributed by atoms with Gasteiger partial charge in [0.2, 0.25) is 6.19 Å². The van der Waals surface area contributed by atoms with Crippen molar-refractivity contribution in [2.24, 2.45) is 100 Å². The van der Waals surface area contributed by atoms with Gasteiger partial charge in [0, 0.05) is 107 Å². The largest absolute Gasteiger partial charge is 0.476 e. The highest BCUT2D eigenvalue weighted by Gasteiger charge is 2.39. The van der Waals surface area contributed by atoms with Crippen LogP contribution in [0.3, 0.4) is 0 Å². The van der Waals surface area contributed by atoms with E-state index < -0.39 is 0 Å². The third kappa shape index (κ3) is 21.8. The third-order valence-electron chi connectivity index (χ3n) is 24.5. The van der Waals surface area contributed by atoms with Crippen LogP contribution < -0.4 is 4.68 Å². The molecule has 16 rings (SSSR count). The highest BCUT2D eigenvalue weighted by Crippen LogP contribution is 2.49. The molecule has 0 bridgehead atoms. The van der Waals surface area contributed by atoms with E-state index in [4.69, 9.17) is 63.5 Å². The molecule has 0 amide bonds. The van der Waals surface area contributed by atoms with E-state index in [-0.39, 0.29) is 72.8 Å². The maximum absolute atomic E-state index is 9.21. The molecular weight excluding hydrogens is 1920 g/mol. The van der Waals surface area contributed by atoms with Crippen LogP contribution in [0.2, 0.25) is 5.02 Å². The molecule has 0 aliphatic rings. The summed E-state index contributed by atoms with van der Waals surface area (Å²) in [7, 11) is 12.8. The van der Waals surface area contributed by atoms with Crippen molar-refractivity contribution in [1.29, 1.82) is 10.5 Å². The molecule has 150 heavy (non-hydrogen) atoms. The summed E-state index contributed by atoms with van der Waals surface area (Å²) in [6, 6.07) is 9.33. The van der Waals surface area contributed by atoms with Crippen LogP contribution in [0.5, 0.6) is 0 Å². The van der Waals surface area contributed by atoms with Crippen LogP contribution in [-0.4, -0.2) is 146 Å². The molecule has 788 valence electrons. The van der Waals surface area contributed by atoms with Crippen LogP contribution in [0.4, 0.5) is 80.4 Å². The Hall–Kier alpha value is -16.2. The van der Waals surface area contributed by atoms with E-state index in [1.165, 1.54) is 4.68 Å². The van der Waals surface area contributed by atoms with Crippen LogP contribution in [0.1, 0.15) is 327 Å². The molecule has 15 aromatic heterocycles. The first-order chi connectivity index (χ1) is 69.7. The molecule has 0 atom stereocenters. The number of hydrogen-bond acceptors (Lipinski definition) is 27. The lowest BCUT2D eigenvalue weighted by Gasteiger charge is -2.15. The normalized spacial score (nSPS) is 12.7. The summed E-state index contributed by atoms with van der Waals surface area (Å²) in [4.78, 5) is 18.9. The standard InChI is InChI=1S/C23H26ClN9.2C21H31N9.C19H27N9.C18H24N11/c1-13(2)20-30-33-22(31(20)7)17(16(28-33)14-11-9-10-12-15(14)24)26-27-21-18(25-6)19(23(3,4)5)29-32(21)8;1-12(2)17-27-30-19(28(17)10)14(16(26-30)21(6,7)8)23-24-18-13(22-9)15(20(3,4)5)25-29(18)11;1-11-28-13(3)25-30-19(28)15(17(27-30)21(7,8)9)23-24-18-14(22-10)16(20(4,5)6)26-29(18)12-2;1-11-23-28-17(26(11)9)13(15(25-28)19(5,6)7)21-22-16-12(20-8)14(18(2,3)4)24-27(16)10;1-8-27-16-13(22-23-17-21-12(9-19)28(10-20)26(17)7)14(18(4,5)6)24-29(16)15(25-27)11(2)3/h9-13H,1-5,7-8H3;12H,1-8,10-11H3;11-12H2,1-9H3;1-7,9-10H3;11H,8H2,1-7H3/q;;;;+1. The Morgan fingerprint density at radius 1 is 0.367 bits per heavy atom. The quantitative estimate of drug-likeness (QED) is 0.0464. The van der Waals surface area contributed by atoms with E-state index in [2.05, 4.69) is 263 Å². The maximum Gasteiger partial charge on any atom is 0.476 e. The van der Waals surface area contributed by atoms with Crippen molar-refractivity contribution in [3.63, 3.8) is 0 Å². The number of fused-ring (bicyclic) bond motifs is 5. The smallest absolute Gasteiger partial charge is 0.313 e. The van der Waals surface area contributed by atoms with Crippen LogP contribution >= 0.6 is 11.6 Å². The Kier molecular flexibility index (Phi) is 31.4. The number of nitrogens with zero attached hydrogens (tertiary/aromatic N) is 47. The third-order valence-corrected chi connectivity index (χ3v) is 24.8. The first-order valence-electron chi connectivity index (χ1n) is 49.5. The summed E-state index contributed by atoms with van der Waals surface area (Å²) in [6.07, 6.45) is 1.89. The predicted molar refractivity (Wildman–Crippen MR) is 574 cm³/mol. The molecule has 47 nitrogen and oxygen atoms in total. The second kappa shape index (κ2) is 41.9. The van der Waals surface area contributed by atoms with Crippen LogP contribution in [0.15, 0.2) is 75.4 Å². The van der Waals surface area contributed by atoms with Gasteiger partial charge in [0.05, 0.1) is 89.0 Å². The summed E-state index contributed by atoms with van der Waals surface area (Å²) < 4.78 is 27.1. The Morgan fingerprint density at radius 3 is 1.09 bits per heavy atom. The first kappa shape index (κ1) is 113. The lowest BCUT2D eigenvalue weighted by Crippen LogP contribution is -2.37. The van der Waals surface area contributed by atoms with Crippen LogP contribution in [0, 0.1) is 62.9 Å². The zero-order valence-electron chi connectivity index (χ0n) is 94.6. The van der Waals surface area contributed by atoms with Crippen molar-refractivity contribution in [1.82, 2.24) is 146 Å². The molecule has 15 heterocycles. The minimum atomic E-state index is -0.298. The summed E-state index contributed by atoms with van der Waals surface area (Å²) in [5, 5.41) is 129. The maximum atomic E-state index is 9.21. The van der Waals surface area contributed by atoms with Gasteiger partial charge in [-0.3, -0.25) is 18.7 Å². The summed E-state index contributed by atoms with van der Waals surface area (Å²) in [5.41, 5.74) is 14.0. The molecule has 0 N–H and O–H groups in total. The van der Waals surface area contributed by atoms with E-state index in [1.807, 2.05) is 191 Å². The fourth-order valence-corrected chi connectivity index (χ4v) is 17.0. The van der Waals surface area contributed by atoms with Crippen molar-refractivity contribution < 1.29 is 4.68 Å². The summed E-state index contributed by atoms with van der Waals surface area (Å²) >= 11 is 6.49. The predicted octanol–water partition coefficient (Wildman–Crippen LogP) is 24.9. The van der Waals surface area contributed by atoms with Gasteiger partial charge in [0.15, 0.2) is 91.8 Å². The average molecular weight is 2060 g/mol. The molecule has 1 aromatic carbocycles. The van der Waals surface area contributed by atoms with Gasteiger partial charge in [-0.2, -0.15) is 60.9 Å². The lowest BCUT2D eigenvalue weighted by atomic mass is 9.91. The molecule has 0 saturated heterocycles. The second-order valence-electron chi connectivity index (χ2n) is 45.8. The van der Waals surface area contributed by atoms with Gasteiger partial charge in [0.25, 0.3) is 22.7 Å². The fourth-order valence-electron chi connectivity index (χ4n) is 16.7. The topological polar surface area (TPSA) is 457 Å². The van der Waals surface area contributed by atoms with Gasteiger partial charge in [-0.25, -0.2) is 24.1 Å². The summed E-state index contributed by atoms with van der Waals surface area (Å²) in [6.45, 7) is 104. The van der Waals surface area contributed by atoms with E-state index in [9.17, 15) is 5.26 Å². The Labute approximate surface area is 878 Å². The molecule has 0 unspecified atom stereocenters. The van der Waals surface area contributed by atoms with Crippen LogP contribution in [-0.2, 0) is 112 Å². The Balaban J connectivity index is 0.000000166. The highest BCUT2D eigenvalue weighted by atomic mass is 35.5. The van der Waals surface area contributed by atoms with Gasteiger partial charge in [-0.15, -0.1) is 89.6 Å². The fraction of sp³-hybridized carbons (Fsp3) is 0.549. The zero-order valence-corrected chi connectivity index (χ0v) is 95.3. The molecule has 0 saturated carbocycles. The zero-order chi connectivity index (χ0) is 112. The minimum absolute atomic E-state index is 0.0548. The molecule has 0 spiro atoms. The second-order valence-corrected chi connectivity index (χ2v) is 46.2. The van der Waals surface area contributed by atoms with Gasteiger partial charge in [-0.1, -0.05) is 247 Å². The number of rotatable bonds is 17. The Morgan fingerprint density at radius 2 is 0.707 bits per heavy atom. The van der Waals surface area contributed by atoms with Crippen molar-refractivity contribution >= 4 is 120 Å². The van der Waals surface area contributed by atoms with Crippen LogP contribution in [0.25, 0.3) is 58.9 Å². The number of halogens is 1. The van der Waals surface area contributed by atoms with E-state index in [1.54, 1.807) is 65.4 Å². The molecule has 0 fully saturated rings. The molecule has 0 radical (unpaired) electrons. The van der Waals surface area contributed by atoms with Crippen molar-refractivity contribution in [2.75, 3.05) is 0 Å². The van der Waals surface area contributed by atoms with Gasteiger partial charge in [0.1, 0.15) is 29.0 Å². The molecular formula is C102H139ClN47+. The SMILES string of the molecule is CCn1nc(C(C)C)n2nc(C(C)(C)C)c(N=Nc3nc(C#N)n(C#N)[n+]3C)c12.[C-]#[N+]c1c(C(C)(C)C)nn(C)c1N=Nc1c(-c2ccccc2Cl)nn2nc(C(C)C)n(C)c12.[C-]#[N+]c1c(C(C)(C)C)nn(C)c1N=Nc1c(C(C)(C)C)nn2nc(C(C)C)n(C)c12.[C-]#[N+]c1c(C(C)(C)C)nn(C)c1N=Nc1c(C(C)(C)C)nn2nc(C)n(C)c12.[C-]#[N+]c1c(C(C)(C)C)nn(CC)c1N=Nc1c(C(C)(C)C)nn2nc(C)n(CC)c12. The lowest BCUT2D eigenvalue weighted by molar-refractivity contribution is -0.732. The molecule has 16 aromatic rings. The monoisotopic (exact) mass is 2060 g/mol. The van der Waals surface area contributed by atoms with E-state index in [0.29, 0.717) is 121 Å². The number of azo groups is 5.